The van der Waals surface area contributed by atoms with Gasteiger partial charge in [0.2, 0.25) is 0 Å². The van der Waals surface area contributed by atoms with Crippen molar-refractivity contribution in [2.75, 3.05) is 13.7 Å². The number of ether oxygens (including phenoxy) is 2. The Hall–Kier alpha value is -1.82. The minimum absolute atomic E-state index is 0.0600. The molecule has 0 saturated carbocycles. The molecule has 0 amide bonds. The van der Waals surface area contributed by atoms with Crippen molar-refractivity contribution in [2.45, 2.75) is 13.0 Å². The number of aryl methyl sites for hydroxylation is 1. The second-order valence-electron chi connectivity index (χ2n) is 3.16. The van der Waals surface area contributed by atoms with Crippen LogP contribution in [0.25, 0.3) is 0 Å². The van der Waals surface area contributed by atoms with Gasteiger partial charge < -0.3 is 19.6 Å². The number of rotatable bonds is 4. The largest absolute Gasteiger partial charge is 0.491 e. The standard InChI is InChI=1S/C10H13NO5/c1-6-3-7(4-9(12)16-6)15-5-8(11)10(13)14-2/h3-4,8H,5,11H2,1-2H3/t8-/m1/s1. The Morgan fingerprint density at radius 1 is 1.56 bits per heavy atom. The summed E-state index contributed by atoms with van der Waals surface area (Å²) >= 11 is 0. The highest BCUT2D eigenvalue weighted by Crippen LogP contribution is 2.09. The third-order valence-corrected chi connectivity index (χ3v) is 1.80. The molecule has 0 aliphatic carbocycles. The Morgan fingerprint density at radius 2 is 2.25 bits per heavy atom. The van der Waals surface area contributed by atoms with Crippen LogP contribution >= 0.6 is 0 Å². The second-order valence-corrected chi connectivity index (χ2v) is 3.16. The molecule has 6 heteroatoms. The summed E-state index contributed by atoms with van der Waals surface area (Å²) in [5, 5.41) is 0. The van der Waals surface area contributed by atoms with Gasteiger partial charge in [0.05, 0.1) is 13.2 Å². The van der Waals surface area contributed by atoms with E-state index in [1.807, 2.05) is 0 Å². The Labute approximate surface area is 92.0 Å². The molecule has 1 aromatic rings. The van der Waals surface area contributed by atoms with Gasteiger partial charge in [0.1, 0.15) is 24.2 Å². The molecule has 16 heavy (non-hydrogen) atoms. The lowest BCUT2D eigenvalue weighted by Crippen LogP contribution is -2.37. The van der Waals surface area contributed by atoms with Gasteiger partial charge in [-0.05, 0) is 6.92 Å². The van der Waals surface area contributed by atoms with Crippen molar-refractivity contribution in [1.29, 1.82) is 0 Å². The van der Waals surface area contributed by atoms with Gasteiger partial charge in [-0.2, -0.15) is 0 Å². The summed E-state index contributed by atoms with van der Waals surface area (Å²) in [6.07, 6.45) is 0. The lowest BCUT2D eigenvalue weighted by molar-refractivity contribution is -0.142. The van der Waals surface area contributed by atoms with Crippen LogP contribution in [0.3, 0.4) is 0 Å². The van der Waals surface area contributed by atoms with E-state index in [0.717, 1.165) is 0 Å². The van der Waals surface area contributed by atoms with Crippen LogP contribution < -0.4 is 16.1 Å². The fraction of sp³-hybridized carbons (Fsp3) is 0.400. The zero-order valence-corrected chi connectivity index (χ0v) is 9.06. The summed E-state index contributed by atoms with van der Waals surface area (Å²) in [7, 11) is 1.24. The third-order valence-electron chi connectivity index (χ3n) is 1.80. The first-order valence-electron chi connectivity index (χ1n) is 4.61. The van der Waals surface area contributed by atoms with Crippen LogP contribution in [0.4, 0.5) is 0 Å². The monoisotopic (exact) mass is 227 g/mol. The van der Waals surface area contributed by atoms with Crippen LogP contribution in [-0.4, -0.2) is 25.7 Å². The fourth-order valence-corrected chi connectivity index (χ4v) is 1.06. The second kappa shape index (κ2) is 5.32. The molecule has 1 atom stereocenters. The third kappa shape index (κ3) is 3.39. The molecule has 0 aromatic carbocycles. The Balaban J connectivity index is 2.61. The number of nitrogens with two attached hydrogens (primary N) is 1. The van der Waals surface area contributed by atoms with Crippen LogP contribution in [0.5, 0.6) is 5.75 Å². The molecule has 0 fully saturated rings. The molecule has 0 saturated heterocycles. The predicted molar refractivity (Wildman–Crippen MR) is 55.2 cm³/mol. The lowest BCUT2D eigenvalue weighted by atomic mass is 10.3. The highest BCUT2D eigenvalue weighted by Gasteiger charge is 2.14. The fourth-order valence-electron chi connectivity index (χ4n) is 1.06. The molecule has 0 unspecified atom stereocenters. The first-order valence-corrected chi connectivity index (χ1v) is 4.61. The minimum atomic E-state index is -0.877. The molecule has 0 bridgehead atoms. The van der Waals surface area contributed by atoms with Crippen LogP contribution in [0, 0.1) is 6.92 Å². The van der Waals surface area contributed by atoms with Crippen molar-refractivity contribution >= 4 is 5.97 Å². The number of hydrogen-bond acceptors (Lipinski definition) is 6. The van der Waals surface area contributed by atoms with Gasteiger partial charge >= 0.3 is 11.6 Å². The van der Waals surface area contributed by atoms with Crippen LogP contribution in [0.2, 0.25) is 0 Å². The molecule has 0 aliphatic rings. The zero-order chi connectivity index (χ0) is 12.1. The summed E-state index contributed by atoms with van der Waals surface area (Å²) in [6, 6.07) is 1.83. The van der Waals surface area contributed by atoms with Crippen molar-refractivity contribution in [2.24, 2.45) is 5.73 Å². The first-order chi connectivity index (χ1) is 7.52. The number of hydrogen-bond donors (Lipinski definition) is 1. The smallest absolute Gasteiger partial charge is 0.339 e. The van der Waals surface area contributed by atoms with Crippen LogP contribution in [0.15, 0.2) is 21.3 Å². The topological polar surface area (TPSA) is 91.8 Å². The van der Waals surface area contributed by atoms with E-state index in [4.69, 9.17) is 14.9 Å². The number of esters is 1. The Morgan fingerprint density at radius 3 is 2.81 bits per heavy atom. The molecular weight excluding hydrogens is 214 g/mol. The van der Waals surface area contributed by atoms with Crippen LogP contribution in [-0.2, 0) is 9.53 Å². The molecule has 0 aliphatic heterocycles. The maximum Gasteiger partial charge on any atom is 0.339 e. The van der Waals surface area contributed by atoms with E-state index in [0.29, 0.717) is 11.5 Å². The molecule has 0 radical (unpaired) electrons. The molecular formula is C10H13NO5. The van der Waals surface area contributed by atoms with Gasteiger partial charge in [-0.1, -0.05) is 0 Å². The predicted octanol–water partition coefficient (Wildman–Crippen LogP) is -0.173. The quantitative estimate of drug-likeness (QED) is 0.718. The van der Waals surface area contributed by atoms with E-state index in [9.17, 15) is 9.59 Å². The number of methoxy groups -OCH3 is 1. The average molecular weight is 227 g/mol. The van der Waals surface area contributed by atoms with Crippen molar-refractivity contribution in [1.82, 2.24) is 0 Å². The molecule has 1 heterocycles. The van der Waals surface area contributed by atoms with Crippen molar-refractivity contribution in [3.8, 4) is 5.75 Å². The first kappa shape index (κ1) is 12.3. The van der Waals surface area contributed by atoms with E-state index in [1.54, 1.807) is 6.92 Å². The number of carbonyl (C=O) groups excluding carboxylic acids is 1. The Kier molecular flexibility index (Phi) is 4.07. The molecule has 1 rings (SSSR count). The maximum atomic E-state index is 11.0. The van der Waals surface area contributed by atoms with E-state index in [2.05, 4.69) is 4.74 Å². The molecule has 2 N–H and O–H groups in total. The van der Waals surface area contributed by atoms with E-state index in [1.165, 1.54) is 19.2 Å². The normalized spacial score (nSPS) is 11.9. The van der Waals surface area contributed by atoms with Crippen molar-refractivity contribution in [3.63, 3.8) is 0 Å². The van der Waals surface area contributed by atoms with Gasteiger partial charge in [0, 0.05) is 6.07 Å². The highest BCUT2D eigenvalue weighted by atomic mass is 16.5. The molecule has 0 spiro atoms. The summed E-state index contributed by atoms with van der Waals surface area (Å²) in [4.78, 5) is 21.9. The van der Waals surface area contributed by atoms with Gasteiger partial charge in [0.15, 0.2) is 0 Å². The minimum Gasteiger partial charge on any atom is -0.491 e. The van der Waals surface area contributed by atoms with E-state index in [-0.39, 0.29) is 6.61 Å². The highest BCUT2D eigenvalue weighted by molar-refractivity contribution is 5.75. The summed E-state index contributed by atoms with van der Waals surface area (Å²) in [5.74, 6) is 0.168. The lowest BCUT2D eigenvalue weighted by Gasteiger charge is -2.10. The molecule has 6 nitrogen and oxygen atoms in total. The SMILES string of the molecule is COC(=O)[C@H](N)COc1cc(C)oc(=O)c1. The van der Waals surface area contributed by atoms with Gasteiger partial charge in [-0.25, -0.2) is 4.79 Å². The summed E-state index contributed by atoms with van der Waals surface area (Å²) in [5.41, 5.74) is 4.94. The molecule has 88 valence electrons. The maximum absolute atomic E-state index is 11.0. The van der Waals surface area contributed by atoms with Gasteiger partial charge in [0.25, 0.3) is 0 Å². The van der Waals surface area contributed by atoms with E-state index >= 15 is 0 Å². The van der Waals surface area contributed by atoms with Crippen molar-refractivity contribution in [3.05, 3.63) is 28.3 Å². The van der Waals surface area contributed by atoms with E-state index < -0.39 is 17.6 Å². The van der Waals surface area contributed by atoms with Gasteiger partial charge in [-0.15, -0.1) is 0 Å². The Bertz CT molecular complexity index is 425. The summed E-state index contributed by atoms with van der Waals surface area (Å²) < 4.78 is 14.3. The van der Waals surface area contributed by atoms with Crippen LogP contribution in [0.1, 0.15) is 5.76 Å². The van der Waals surface area contributed by atoms with Gasteiger partial charge in [-0.3, -0.25) is 4.79 Å². The molecule has 1 aromatic heterocycles. The zero-order valence-electron chi connectivity index (χ0n) is 9.06. The summed E-state index contributed by atoms with van der Waals surface area (Å²) in [6.45, 7) is 1.56. The van der Waals surface area contributed by atoms with Crippen molar-refractivity contribution < 1.29 is 18.7 Å². The number of carbonyl (C=O) groups is 1. The average Bonchev–Trinajstić information content (AvgIpc) is 2.23.